The molecule has 1 N–H and O–H groups in total. The minimum atomic E-state index is -4.86. The van der Waals surface area contributed by atoms with Crippen molar-refractivity contribution in [2.24, 2.45) is 0 Å². The Morgan fingerprint density at radius 3 is 1.48 bits per heavy atom. The van der Waals surface area contributed by atoms with Gasteiger partial charge in [-0.25, -0.2) is 4.18 Å². The van der Waals surface area contributed by atoms with Crippen LogP contribution >= 0.6 is 0 Å². The topological polar surface area (TPSA) is 144 Å². The lowest BCUT2D eigenvalue weighted by Crippen LogP contribution is -2.62. The van der Waals surface area contributed by atoms with Crippen LogP contribution in [0.4, 0.5) is 0 Å². The molecule has 1 aromatic carbocycles. The van der Waals surface area contributed by atoms with Crippen LogP contribution in [0, 0.1) is 0 Å². The van der Waals surface area contributed by atoms with E-state index in [-0.39, 0.29) is 19.4 Å². The first-order valence-corrected chi connectivity index (χ1v) is 22.4. The summed E-state index contributed by atoms with van der Waals surface area (Å²) in [4.78, 5) is 26.6. The highest BCUT2D eigenvalue weighted by atomic mass is 32.3. The lowest BCUT2D eigenvalue weighted by molar-refractivity contribution is -0.309. The van der Waals surface area contributed by atoms with E-state index in [4.69, 9.17) is 23.7 Å². The van der Waals surface area contributed by atoms with E-state index in [0.29, 0.717) is 12.8 Å². The largest absolute Gasteiger partial charge is 0.455 e. The Balaban J connectivity index is 2.05. The first kappa shape index (κ1) is 48.1. The molecule has 1 aromatic rings. The van der Waals surface area contributed by atoms with Crippen LogP contribution in [0.25, 0.3) is 0 Å². The van der Waals surface area contributed by atoms with Crippen molar-refractivity contribution in [3.8, 4) is 0 Å². The summed E-state index contributed by atoms with van der Waals surface area (Å²) >= 11 is 0. The Labute approximate surface area is 326 Å². The molecule has 5 atom stereocenters. The van der Waals surface area contributed by atoms with Crippen LogP contribution in [0.5, 0.6) is 0 Å². The van der Waals surface area contributed by atoms with Gasteiger partial charge < -0.3 is 23.7 Å². The summed E-state index contributed by atoms with van der Waals surface area (Å²) in [5, 5.41) is 0. The fourth-order valence-corrected chi connectivity index (χ4v) is 7.17. The monoisotopic (exact) mass is 784 g/mol. The van der Waals surface area contributed by atoms with Gasteiger partial charge >= 0.3 is 22.3 Å². The summed E-state index contributed by atoms with van der Waals surface area (Å²) in [5.74, 6) is -1.04. The average molecular weight is 785 g/mol. The van der Waals surface area contributed by atoms with Crippen molar-refractivity contribution in [3.63, 3.8) is 0 Å². The molecule has 0 unspecified atom stereocenters. The first-order valence-electron chi connectivity index (χ1n) is 21.0. The van der Waals surface area contributed by atoms with Gasteiger partial charge in [0.15, 0.2) is 18.5 Å². The summed E-state index contributed by atoms with van der Waals surface area (Å²) in [5.41, 5.74) is 0.847. The maximum absolute atomic E-state index is 13.4. The van der Waals surface area contributed by atoms with E-state index in [1.54, 1.807) is 0 Å². The number of hydrogen-bond acceptors (Lipinski definition) is 10. The standard InChI is InChI=1S/C42H72O11S/c1-4-6-8-10-12-14-16-18-20-22-27-31-37(43)52-39-36(34-50-54(45,46)47)51-42(48-3)41(49-33-35-29-25-24-26-30-35)40(39)53-38(44)32-28-23-21-19-17-15-13-11-9-7-5-2/h24-26,29-30,36,39-42H,4-23,27-28,31-34H2,1-3H3,(H,45,46,47)/t36-,39-,40+,41-,42+/m1/s1. The van der Waals surface area contributed by atoms with Crippen LogP contribution in [-0.4, -0.2) is 69.3 Å². The highest BCUT2D eigenvalue weighted by molar-refractivity contribution is 7.80. The minimum absolute atomic E-state index is 0.118. The van der Waals surface area contributed by atoms with Crippen molar-refractivity contribution in [2.45, 2.75) is 205 Å². The number of hydrogen-bond donors (Lipinski definition) is 1. The van der Waals surface area contributed by atoms with Crippen LogP contribution in [0.15, 0.2) is 30.3 Å². The number of methoxy groups -OCH3 is 1. The van der Waals surface area contributed by atoms with Gasteiger partial charge in [-0.3, -0.25) is 14.1 Å². The molecule has 0 aliphatic carbocycles. The van der Waals surface area contributed by atoms with Crippen molar-refractivity contribution in [1.29, 1.82) is 0 Å². The van der Waals surface area contributed by atoms with Crippen LogP contribution in [0.1, 0.15) is 174 Å². The van der Waals surface area contributed by atoms with E-state index < -0.39 is 59.7 Å². The van der Waals surface area contributed by atoms with Crippen molar-refractivity contribution < 1.29 is 50.4 Å². The Bertz CT molecular complexity index is 1200. The molecule has 1 fully saturated rings. The fourth-order valence-electron chi connectivity index (χ4n) is 6.86. The Morgan fingerprint density at radius 1 is 0.630 bits per heavy atom. The Kier molecular flexibility index (Phi) is 26.8. The molecule has 0 spiro atoms. The van der Waals surface area contributed by atoms with Gasteiger partial charge in [0.25, 0.3) is 0 Å². The quantitative estimate of drug-likeness (QED) is 0.0413. The molecule has 11 nitrogen and oxygen atoms in total. The summed E-state index contributed by atoms with van der Waals surface area (Å²) < 4.78 is 67.0. The number of esters is 2. The fraction of sp³-hybridized carbons (Fsp3) is 0.810. The summed E-state index contributed by atoms with van der Waals surface area (Å²) in [7, 11) is -3.48. The molecular weight excluding hydrogens is 713 g/mol. The zero-order valence-electron chi connectivity index (χ0n) is 33.6. The summed E-state index contributed by atoms with van der Waals surface area (Å²) in [6, 6.07) is 9.39. The molecule has 12 heteroatoms. The van der Waals surface area contributed by atoms with E-state index in [1.807, 2.05) is 30.3 Å². The molecular formula is C42H72O11S. The normalized spacial score (nSPS) is 20.2. The van der Waals surface area contributed by atoms with Crippen LogP contribution in [-0.2, 0) is 54.5 Å². The van der Waals surface area contributed by atoms with Gasteiger partial charge in [0.2, 0.25) is 0 Å². The predicted molar refractivity (Wildman–Crippen MR) is 210 cm³/mol. The van der Waals surface area contributed by atoms with Crippen molar-refractivity contribution in [3.05, 3.63) is 35.9 Å². The Morgan fingerprint density at radius 2 is 1.06 bits per heavy atom. The third kappa shape index (κ3) is 22.5. The second-order valence-electron chi connectivity index (χ2n) is 14.7. The lowest BCUT2D eigenvalue weighted by atomic mass is 9.98. The van der Waals surface area contributed by atoms with Gasteiger partial charge in [-0.1, -0.05) is 173 Å². The van der Waals surface area contributed by atoms with E-state index in [0.717, 1.165) is 44.1 Å². The van der Waals surface area contributed by atoms with E-state index in [2.05, 4.69) is 18.0 Å². The number of rotatable bonds is 33. The van der Waals surface area contributed by atoms with Crippen molar-refractivity contribution in [2.75, 3.05) is 13.7 Å². The van der Waals surface area contributed by atoms with Gasteiger partial charge in [-0.15, -0.1) is 0 Å². The van der Waals surface area contributed by atoms with Crippen molar-refractivity contribution in [1.82, 2.24) is 0 Å². The second kappa shape index (κ2) is 30.1. The summed E-state index contributed by atoms with van der Waals surface area (Å²) in [6.45, 7) is 3.86. The molecule has 0 amide bonds. The number of benzene rings is 1. The number of carbonyl (C=O) groups is 2. The number of ether oxygens (including phenoxy) is 5. The van der Waals surface area contributed by atoms with Gasteiger partial charge in [0.1, 0.15) is 12.2 Å². The molecule has 0 radical (unpaired) electrons. The molecule has 1 heterocycles. The zero-order valence-corrected chi connectivity index (χ0v) is 34.4. The highest BCUT2D eigenvalue weighted by Crippen LogP contribution is 2.31. The van der Waals surface area contributed by atoms with E-state index in [1.165, 1.54) is 97.0 Å². The van der Waals surface area contributed by atoms with Crippen molar-refractivity contribution >= 4 is 22.3 Å². The second-order valence-corrected chi connectivity index (χ2v) is 15.8. The van der Waals surface area contributed by atoms with Crippen LogP contribution < -0.4 is 0 Å². The molecule has 0 bridgehead atoms. The molecule has 1 aliphatic heterocycles. The number of carbonyl (C=O) groups excluding carboxylic acids is 2. The smallest absolute Gasteiger partial charge is 0.397 e. The molecule has 0 saturated carbocycles. The molecule has 312 valence electrons. The zero-order chi connectivity index (χ0) is 39.3. The van der Waals surface area contributed by atoms with Crippen LogP contribution in [0.3, 0.4) is 0 Å². The van der Waals surface area contributed by atoms with Gasteiger partial charge in [0, 0.05) is 20.0 Å². The lowest BCUT2D eigenvalue weighted by Gasteiger charge is -2.44. The molecule has 54 heavy (non-hydrogen) atoms. The molecule has 0 aromatic heterocycles. The van der Waals surface area contributed by atoms with Gasteiger partial charge in [0.05, 0.1) is 13.2 Å². The minimum Gasteiger partial charge on any atom is -0.455 e. The van der Waals surface area contributed by atoms with E-state index >= 15 is 0 Å². The third-order valence-corrected chi connectivity index (χ3v) is 10.4. The SMILES string of the molecule is CCCCCCCCCCCCCC(=O)O[C@@H]1[C@@H](OCc2ccccc2)[C@@H](OC)O[C@H](COS(=O)(=O)O)[C@H]1OC(=O)CCCCCCCCCCCCC. The molecule has 2 rings (SSSR count). The average Bonchev–Trinajstić information content (AvgIpc) is 3.15. The van der Waals surface area contributed by atoms with Crippen LogP contribution in [0.2, 0.25) is 0 Å². The molecule has 1 saturated heterocycles. The highest BCUT2D eigenvalue weighted by Gasteiger charge is 2.51. The van der Waals surface area contributed by atoms with Gasteiger partial charge in [-0.05, 0) is 18.4 Å². The maximum Gasteiger partial charge on any atom is 0.397 e. The van der Waals surface area contributed by atoms with Gasteiger partial charge in [-0.2, -0.15) is 8.42 Å². The van der Waals surface area contributed by atoms with E-state index in [9.17, 15) is 22.6 Å². The number of unbranched alkanes of at least 4 members (excludes halogenated alkanes) is 20. The molecule has 1 aliphatic rings. The Hall–Kier alpha value is -2.09. The third-order valence-electron chi connectivity index (χ3n) is 9.99. The first-order chi connectivity index (χ1) is 26.2. The summed E-state index contributed by atoms with van der Waals surface area (Å²) in [6.07, 6.45) is 19.4. The predicted octanol–water partition coefficient (Wildman–Crippen LogP) is 9.99. The maximum atomic E-state index is 13.4.